The third-order valence-electron chi connectivity index (χ3n) is 3.47. The third kappa shape index (κ3) is 18.4. The van der Waals surface area contributed by atoms with Gasteiger partial charge >= 0.3 is 0 Å². The van der Waals surface area contributed by atoms with E-state index in [0.717, 1.165) is 11.5 Å². The van der Waals surface area contributed by atoms with Crippen LogP contribution in [0.4, 0.5) is 0 Å². The predicted octanol–water partition coefficient (Wildman–Crippen LogP) is 0.288. The van der Waals surface area contributed by atoms with E-state index in [9.17, 15) is 10.2 Å². The van der Waals surface area contributed by atoms with E-state index in [2.05, 4.69) is 0 Å². The number of aliphatic hydroxyl groups is 2. The second-order valence-corrected chi connectivity index (χ2v) is 8.36. The Hall–Kier alpha value is 0.380. The van der Waals surface area contributed by atoms with Gasteiger partial charge in [-0.15, -0.1) is 0 Å². The van der Waals surface area contributed by atoms with Crippen molar-refractivity contribution in [3.8, 4) is 0 Å². The highest BCUT2D eigenvalue weighted by Gasteiger charge is 2.06. The second-order valence-electron chi connectivity index (χ2n) is 6.06. The molecule has 1 fully saturated rings. The molecule has 1 aliphatic rings. The van der Waals surface area contributed by atoms with Crippen LogP contribution in [-0.4, -0.2) is 125 Å². The fraction of sp³-hybridized carbons (Fsp3) is 1.00. The van der Waals surface area contributed by atoms with Crippen molar-refractivity contribution in [2.24, 2.45) is 0 Å². The van der Waals surface area contributed by atoms with Gasteiger partial charge in [-0.3, -0.25) is 0 Å². The quantitative estimate of drug-likeness (QED) is 0.543. The average molecular weight is 445 g/mol. The van der Waals surface area contributed by atoms with Crippen molar-refractivity contribution in [1.29, 1.82) is 0 Å². The molecule has 0 bridgehead atoms. The molecule has 0 aromatic carbocycles. The van der Waals surface area contributed by atoms with Crippen LogP contribution >= 0.6 is 23.5 Å². The molecule has 0 aromatic heterocycles. The molecule has 1 aliphatic heterocycles. The van der Waals surface area contributed by atoms with Crippen molar-refractivity contribution >= 4 is 23.5 Å². The average Bonchev–Trinajstić information content (AvgIpc) is 2.69. The molecule has 1 heterocycles. The zero-order chi connectivity index (χ0) is 20.1. The van der Waals surface area contributed by atoms with Gasteiger partial charge in [0, 0.05) is 23.0 Å². The molecule has 0 amide bonds. The highest BCUT2D eigenvalue weighted by molar-refractivity contribution is 7.99. The monoisotopic (exact) mass is 444 g/mol. The highest BCUT2D eigenvalue weighted by Crippen LogP contribution is 2.04. The van der Waals surface area contributed by atoms with Crippen molar-refractivity contribution in [1.82, 2.24) is 0 Å². The summed E-state index contributed by atoms with van der Waals surface area (Å²) < 4.78 is 32.6. The SMILES string of the molecule is OC1COCCOCCOCC(O)CSCCOCCOCCOCCSC1. The lowest BCUT2D eigenvalue weighted by atomic mass is 10.4. The van der Waals surface area contributed by atoms with Crippen molar-refractivity contribution in [2.45, 2.75) is 12.2 Å². The van der Waals surface area contributed by atoms with Crippen molar-refractivity contribution in [2.75, 3.05) is 102 Å². The van der Waals surface area contributed by atoms with Crippen LogP contribution in [0.25, 0.3) is 0 Å². The van der Waals surface area contributed by atoms with E-state index in [-0.39, 0.29) is 0 Å². The smallest absolute Gasteiger partial charge is 0.0863 e. The summed E-state index contributed by atoms with van der Waals surface area (Å²) in [6.45, 7) is 5.87. The molecule has 2 N–H and O–H groups in total. The van der Waals surface area contributed by atoms with Crippen LogP contribution in [0.5, 0.6) is 0 Å². The van der Waals surface area contributed by atoms with Crippen LogP contribution in [-0.2, 0) is 28.4 Å². The minimum Gasteiger partial charge on any atom is -0.390 e. The Morgan fingerprint density at radius 2 is 0.786 bits per heavy atom. The zero-order valence-corrected chi connectivity index (χ0v) is 18.3. The molecular weight excluding hydrogens is 408 g/mol. The summed E-state index contributed by atoms with van der Waals surface area (Å²) in [7, 11) is 0. The van der Waals surface area contributed by atoms with E-state index in [1.807, 2.05) is 0 Å². The number of rotatable bonds is 0. The largest absolute Gasteiger partial charge is 0.390 e. The zero-order valence-electron chi connectivity index (χ0n) is 16.6. The standard InChI is InChI=1S/C18H36O8S2/c19-17-13-25-7-5-22-6-8-26-14-18(20)16-28-12-10-24-4-2-21-1-3-23-9-11-27-15-17/h17-20H,1-16H2. The molecule has 168 valence electrons. The van der Waals surface area contributed by atoms with Gasteiger partial charge in [0.15, 0.2) is 0 Å². The maximum Gasteiger partial charge on any atom is 0.0863 e. The fourth-order valence-corrected chi connectivity index (χ4v) is 3.63. The van der Waals surface area contributed by atoms with E-state index in [0.29, 0.717) is 90.8 Å². The minimum atomic E-state index is -0.491. The number of hydrogen-bond donors (Lipinski definition) is 2. The van der Waals surface area contributed by atoms with Gasteiger partial charge in [0.1, 0.15) is 0 Å². The third-order valence-corrected chi connectivity index (χ3v) is 5.62. The molecule has 0 radical (unpaired) electrons. The van der Waals surface area contributed by atoms with E-state index in [1.165, 1.54) is 0 Å². The number of aliphatic hydroxyl groups excluding tert-OH is 2. The maximum atomic E-state index is 9.84. The van der Waals surface area contributed by atoms with Crippen LogP contribution < -0.4 is 0 Å². The topological polar surface area (TPSA) is 95.8 Å². The molecule has 8 nitrogen and oxygen atoms in total. The normalized spacial score (nSPS) is 28.5. The molecular formula is C18H36O8S2. The van der Waals surface area contributed by atoms with E-state index < -0.39 is 12.2 Å². The maximum absolute atomic E-state index is 9.84. The Labute approximate surface area is 176 Å². The van der Waals surface area contributed by atoms with Crippen LogP contribution in [0.2, 0.25) is 0 Å². The first-order chi connectivity index (χ1) is 13.8. The Kier molecular flexibility index (Phi) is 19.5. The predicted molar refractivity (Wildman–Crippen MR) is 112 cm³/mol. The summed E-state index contributed by atoms with van der Waals surface area (Å²) in [5, 5.41) is 19.7. The van der Waals surface area contributed by atoms with Gasteiger partial charge in [-0.05, 0) is 0 Å². The summed E-state index contributed by atoms with van der Waals surface area (Å²) in [4.78, 5) is 0. The lowest BCUT2D eigenvalue weighted by Crippen LogP contribution is -2.22. The number of thioether (sulfide) groups is 2. The number of ether oxygens (including phenoxy) is 6. The molecule has 1 saturated heterocycles. The minimum absolute atomic E-state index is 0.299. The first kappa shape index (κ1) is 26.4. The van der Waals surface area contributed by atoms with Gasteiger partial charge in [0.2, 0.25) is 0 Å². The fourth-order valence-electron chi connectivity index (χ4n) is 2.09. The summed E-state index contributed by atoms with van der Waals surface area (Å²) in [5.41, 5.74) is 0. The van der Waals surface area contributed by atoms with Gasteiger partial charge in [-0.25, -0.2) is 0 Å². The molecule has 0 saturated carbocycles. The van der Waals surface area contributed by atoms with Crippen LogP contribution in [0.15, 0.2) is 0 Å². The molecule has 28 heavy (non-hydrogen) atoms. The van der Waals surface area contributed by atoms with Crippen LogP contribution in [0, 0.1) is 0 Å². The van der Waals surface area contributed by atoms with Gasteiger partial charge in [0.25, 0.3) is 0 Å². The van der Waals surface area contributed by atoms with E-state index >= 15 is 0 Å². The van der Waals surface area contributed by atoms with Gasteiger partial charge in [-0.2, -0.15) is 23.5 Å². The highest BCUT2D eigenvalue weighted by atomic mass is 32.2. The van der Waals surface area contributed by atoms with Crippen molar-refractivity contribution in [3.05, 3.63) is 0 Å². The number of hydrogen-bond acceptors (Lipinski definition) is 10. The second kappa shape index (κ2) is 20.6. The van der Waals surface area contributed by atoms with Crippen LogP contribution in [0.1, 0.15) is 0 Å². The van der Waals surface area contributed by atoms with Gasteiger partial charge in [0.05, 0.1) is 91.5 Å². The van der Waals surface area contributed by atoms with Gasteiger partial charge < -0.3 is 38.6 Å². The summed E-state index contributed by atoms with van der Waals surface area (Å²) in [5.74, 6) is 2.89. The van der Waals surface area contributed by atoms with E-state index in [1.54, 1.807) is 23.5 Å². The van der Waals surface area contributed by atoms with Crippen molar-refractivity contribution < 1.29 is 38.6 Å². The lowest BCUT2D eigenvalue weighted by Gasteiger charge is -2.13. The first-order valence-corrected chi connectivity index (χ1v) is 12.1. The molecule has 10 heteroatoms. The molecule has 0 spiro atoms. The Morgan fingerprint density at radius 1 is 0.464 bits per heavy atom. The summed E-state index contributed by atoms with van der Waals surface area (Å²) in [6.07, 6.45) is -0.982. The van der Waals surface area contributed by atoms with Crippen molar-refractivity contribution in [3.63, 3.8) is 0 Å². The molecule has 0 aliphatic carbocycles. The first-order valence-electron chi connectivity index (χ1n) is 9.77. The van der Waals surface area contributed by atoms with E-state index in [4.69, 9.17) is 28.4 Å². The summed E-state index contributed by atoms with van der Waals surface area (Å²) in [6, 6.07) is 0. The molecule has 2 unspecified atom stereocenters. The molecule has 2 atom stereocenters. The Bertz CT molecular complexity index is 300. The Morgan fingerprint density at radius 3 is 1.18 bits per heavy atom. The Balaban J connectivity index is 2.12. The van der Waals surface area contributed by atoms with Crippen LogP contribution in [0.3, 0.4) is 0 Å². The molecule has 0 aromatic rings. The lowest BCUT2D eigenvalue weighted by molar-refractivity contribution is -0.0159. The molecule has 1 rings (SSSR count). The summed E-state index contributed by atoms with van der Waals surface area (Å²) >= 11 is 3.28. The van der Waals surface area contributed by atoms with Gasteiger partial charge in [-0.1, -0.05) is 0 Å².